The van der Waals surface area contributed by atoms with Gasteiger partial charge in [-0.1, -0.05) is 231 Å². The van der Waals surface area contributed by atoms with Crippen molar-refractivity contribution in [2.45, 2.75) is 5.41 Å². The Labute approximate surface area is 519 Å². The van der Waals surface area contributed by atoms with E-state index in [9.17, 15) is 0 Å². The van der Waals surface area contributed by atoms with E-state index in [1.807, 2.05) is 6.07 Å². The molecule has 3 aromatic heterocycles. The van der Waals surface area contributed by atoms with Gasteiger partial charge in [0.1, 0.15) is 11.2 Å². The minimum atomic E-state index is -0.680. The van der Waals surface area contributed by atoms with Crippen LogP contribution in [0.4, 0.5) is 34.1 Å². The summed E-state index contributed by atoms with van der Waals surface area (Å²) in [6, 6.07) is 117. The minimum Gasteiger partial charge on any atom is -0.454 e. The van der Waals surface area contributed by atoms with E-state index in [0.29, 0.717) is 0 Å². The van der Waals surface area contributed by atoms with E-state index in [4.69, 9.17) is 8.83 Å². The summed E-state index contributed by atoms with van der Waals surface area (Å²) in [7, 11) is 0. The fourth-order valence-electron chi connectivity index (χ4n) is 15.4. The summed E-state index contributed by atoms with van der Waals surface area (Å²) < 4.78 is 16.6. The highest BCUT2D eigenvalue weighted by atomic mass is 16.3. The maximum Gasteiger partial charge on any atom is 0.159 e. The third kappa shape index (κ3) is 7.26. The SMILES string of the molecule is c1ccc(-c2ccc(N(c3cc(-c4ccccc4)cc(N(c4ccc5c(c4)C4(c6ccccc6-5)c5ccccc5-c5c4ccc4c5c5ccccc5n4-c4ccccc4)c4cccc5c4oc4ccccc45)c3)c3cccc4c3oc3ccccc34)cc2)cc1. The molecule has 14 aromatic carbocycles. The summed E-state index contributed by atoms with van der Waals surface area (Å²) >= 11 is 0. The van der Waals surface area contributed by atoms with Crippen molar-refractivity contribution in [1.82, 2.24) is 4.57 Å². The molecule has 420 valence electrons. The number of anilines is 6. The van der Waals surface area contributed by atoms with Gasteiger partial charge in [0.25, 0.3) is 0 Å². The molecule has 0 saturated carbocycles. The number of hydrogen-bond acceptors (Lipinski definition) is 4. The van der Waals surface area contributed by atoms with Crippen LogP contribution in [-0.4, -0.2) is 4.57 Å². The molecule has 0 N–H and O–H groups in total. The van der Waals surface area contributed by atoms with Crippen molar-refractivity contribution in [3.05, 3.63) is 344 Å². The van der Waals surface area contributed by atoms with Crippen LogP contribution >= 0.6 is 0 Å². The molecule has 0 bridgehead atoms. The van der Waals surface area contributed by atoms with Crippen LogP contribution < -0.4 is 9.80 Å². The third-order valence-corrected chi connectivity index (χ3v) is 19.2. The van der Waals surface area contributed by atoms with Crippen molar-refractivity contribution in [3.8, 4) is 50.2 Å². The van der Waals surface area contributed by atoms with Crippen molar-refractivity contribution < 1.29 is 8.83 Å². The Morgan fingerprint density at radius 2 is 0.767 bits per heavy atom. The van der Waals surface area contributed by atoms with Crippen molar-refractivity contribution in [2.75, 3.05) is 9.80 Å². The van der Waals surface area contributed by atoms with Crippen LogP contribution in [0.1, 0.15) is 22.3 Å². The maximum atomic E-state index is 7.14. The van der Waals surface area contributed by atoms with E-state index in [1.165, 1.54) is 66.3 Å². The van der Waals surface area contributed by atoms with Crippen molar-refractivity contribution in [2.24, 2.45) is 0 Å². The average Bonchev–Trinajstić information content (AvgIpc) is 1.50. The van der Waals surface area contributed by atoms with Gasteiger partial charge in [0.2, 0.25) is 0 Å². The van der Waals surface area contributed by atoms with Crippen LogP contribution in [0.3, 0.4) is 0 Å². The highest BCUT2D eigenvalue weighted by Crippen LogP contribution is 2.65. The first kappa shape index (κ1) is 50.3. The molecule has 1 spiro atoms. The number of rotatable bonds is 9. The molecular formula is C85H53N3O2. The molecule has 17 aromatic rings. The fourth-order valence-corrected chi connectivity index (χ4v) is 15.4. The number of nitrogens with zero attached hydrogens (tertiary/aromatic N) is 3. The molecule has 1 unspecified atom stereocenters. The first-order chi connectivity index (χ1) is 44.7. The number of aromatic nitrogens is 1. The van der Waals surface area contributed by atoms with E-state index in [0.717, 1.165) is 106 Å². The second-order valence-corrected chi connectivity index (χ2v) is 23.8. The lowest BCUT2D eigenvalue weighted by molar-refractivity contribution is 0.669. The summed E-state index contributed by atoms with van der Waals surface area (Å²) in [6.07, 6.45) is 0. The molecule has 0 radical (unpaired) electrons. The summed E-state index contributed by atoms with van der Waals surface area (Å²) in [5, 5.41) is 6.74. The summed E-state index contributed by atoms with van der Waals surface area (Å²) in [4.78, 5) is 4.83. The number of fused-ring (bicyclic) bond motifs is 20. The van der Waals surface area contributed by atoms with E-state index >= 15 is 0 Å². The zero-order valence-corrected chi connectivity index (χ0v) is 48.8. The lowest BCUT2D eigenvalue weighted by atomic mass is 9.70. The molecule has 0 saturated heterocycles. The first-order valence-electron chi connectivity index (χ1n) is 30.9. The summed E-state index contributed by atoms with van der Waals surface area (Å²) in [5.41, 5.74) is 26.4. The Bertz CT molecular complexity index is 5740. The van der Waals surface area contributed by atoms with E-state index in [1.54, 1.807) is 0 Å². The second-order valence-electron chi connectivity index (χ2n) is 23.8. The quantitative estimate of drug-likeness (QED) is 0.144. The average molecular weight is 1150 g/mol. The van der Waals surface area contributed by atoms with Gasteiger partial charge in [-0.3, -0.25) is 0 Å². The molecule has 0 fully saturated rings. The zero-order valence-electron chi connectivity index (χ0n) is 48.8. The number of hydrogen-bond donors (Lipinski definition) is 0. The highest BCUT2D eigenvalue weighted by molar-refractivity contribution is 6.19. The Morgan fingerprint density at radius 1 is 0.278 bits per heavy atom. The Kier molecular flexibility index (Phi) is 10.9. The highest BCUT2D eigenvalue weighted by Gasteiger charge is 2.52. The molecule has 90 heavy (non-hydrogen) atoms. The molecule has 5 nitrogen and oxygen atoms in total. The lowest BCUT2D eigenvalue weighted by Gasteiger charge is -2.33. The Hall–Kier alpha value is -11.9. The first-order valence-corrected chi connectivity index (χ1v) is 30.9. The van der Waals surface area contributed by atoms with Gasteiger partial charge < -0.3 is 23.2 Å². The standard InChI is InChI=1S/C85H53N3O2/c1-4-22-54(23-5-1)56-42-44-59(45-43-56)86(77-38-20-33-67-65-29-13-18-40-79(65)89-83(67)77)61-50-57(55-24-6-2-7-25-55)51-62(52-61)87(78-39-21-34-68-66-30-14-19-41-80(66)90-84(68)78)60-46-47-64-63-28-10-15-35-71(63)85(74(64)53-60)72-36-16-11-31-69(72)81-73(85)48-49-76-82(81)70-32-12-17-37-75(70)88(76)58-26-8-3-9-27-58/h1-53H. The van der Waals surface area contributed by atoms with Crippen LogP contribution in [0.15, 0.2) is 330 Å². The minimum absolute atomic E-state index is 0.680. The number of para-hydroxylation sites is 6. The summed E-state index contributed by atoms with van der Waals surface area (Å²) in [5.74, 6) is 0. The molecule has 19 rings (SSSR count). The predicted molar refractivity (Wildman–Crippen MR) is 372 cm³/mol. The van der Waals surface area contributed by atoms with Crippen LogP contribution in [-0.2, 0) is 5.41 Å². The van der Waals surface area contributed by atoms with Gasteiger partial charge in [-0.2, -0.15) is 0 Å². The van der Waals surface area contributed by atoms with Gasteiger partial charge in [0, 0.05) is 60.8 Å². The smallest absolute Gasteiger partial charge is 0.159 e. The normalized spacial score (nSPS) is 13.8. The van der Waals surface area contributed by atoms with E-state index < -0.39 is 5.41 Å². The van der Waals surface area contributed by atoms with Crippen LogP contribution in [0.5, 0.6) is 0 Å². The van der Waals surface area contributed by atoms with Gasteiger partial charge >= 0.3 is 0 Å². The van der Waals surface area contributed by atoms with Gasteiger partial charge in [0.15, 0.2) is 11.2 Å². The van der Waals surface area contributed by atoms with E-state index in [2.05, 4.69) is 330 Å². The topological polar surface area (TPSA) is 37.7 Å². The maximum absolute atomic E-state index is 7.14. The Morgan fingerprint density at radius 3 is 1.42 bits per heavy atom. The lowest BCUT2D eigenvalue weighted by Crippen LogP contribution is -2.26. The summed E-state index contributed by atoms with van der Waals surface area (Å²) in [6.45, 7) is 0. The largest absolute Gasteiger partial charge is 0.454 e. The molecule has 1 atom stereocenters. The molecule has 3 heterocycles. The number of benzene rings is 14. The monoisotopic (exact) mass is 1150 g/mol. The Balaban J connectivity index is 0.895. The van der Waals surface area contributed by atoms with Crippen molar-refractivity contribution >= 4 is 99.8 Å². The van der Waals surface area contributed by atoms with Crippen LogP contribution in [0.25, 0.3) is 116 Å². The second kappa shape index (κ2) is 19.5. The molecule has 0 amide bonds. The number of furan rings is 2. The van der Waals surface area contributed by atoms with Gasteiger partial charge in [-0.05, 0) is 158 Å². The van der Waals surface area contributed by atoms with Crippen LogP contribution in [0, 0.1) is 0 Å². The molecular weight excluding hydrogens is 1090 g/mol. The third-order valence-electron chi connectivity index (χ3n) is 19.2. The fraction of sp³-hybridized carbons (Fsp3) is 0.0118. The van der Waals surface area contributed by atoms with Crippen molar-refractivity contribution in [3.63, 3.8) is 0 Å². The molecule has 2 aliphatic rings. The van der Waals surface area contributed by atoms with Crippen molar-refractivity contribution in [1.29, 1.82) is 0 Å². The predicted octanol–water partition coefficient (Wildman–Crippen LogP) is 23.2. The van der Waals surface area contributed by atoms with Crippen LogP contribution in [0.2, 0.25) is 0 Å². The van der Waals surface area contributed by atoms with Gasteiger partial charge in [-0.25, -0.2) is 0 Å². The molecule has 0 aliphatic heterocycles. The molecule has 5 heteroatoms. The zero-order chi connectivity index (χ0) is 59.0. The molecule has 2 aliphatic carbocycles. The van der Waals surface area contributed by atoms with E-state index in [-0.39, 0.29) is 0 Å². The van der Waals surface area contributed by atoms with Gasteiger partial charge in [0.05, 0.1) is 27.8 Å². The van der Waals surface area contributed by atoms with Gasteiger partial charge in [-0.15, -0.1) is 0 Å².